The number of ether oxygens (including phenoxy) is 1. The number of benzene rings is 1. The fourth-order valence-electron chi connectivity index (χ4n) is 1.98. The highest BCUT2D eigenvalue weighted by Crippen LogP contribution is 2.26. The van der Waals surface area contributed by atoms with Gasteiger partial charge in [-0.15, -0.1) is 0 Å². The molecule has 1 fully saturated rings. The van der Waals surface area contributed by atoms with Gasteiger partial charge in [0.15, 0.2) is 0 Å². The summed E-state index contributed by atoms with van der Waals surface area (Å²) in [6.45, 7) is 2.81. The molecule has 1 aliphatic rings. The van der Waals surface area contributed by atoms with Crippen LogP contribution in [0.25, 0.3) is 0 Å². The maximum Gasteiger partial charge on any atom is 0.338 e. The van der Waals surface area contributed by atoms with E-state index >= 15 is 0 Å². The lowest BCUT2D eigenvalue weighted by Crippen LogP contribution is -2.24. The van der Waals surface area contributed by atoms with Crippen LogP contribution in [0.4, 0.5) is 5.69 Å². The van der Waals surface area contributed by atoms with Crippen molar-refractivity contribution in [3.63, 3.8) is 0 Å². The summed E-state index contributed by atoms with van der Waals surface area (Å²) in [5, 5.41) is 0. The van der Waals surface area contributed by atoms with Gasteiger partial charge in [-0.1, -0.05) is 15.9 Å². The van der Waals surface area contributed by atoms with Gasteiger partial charge in [0.1, 0.15) is 0 Å². The Balaban J connectivity index is 2.31. The SMILES string of the molecule is CCOC(=O)c1cc(Br)cc(N2CCCC2=O)c1. The quantitative estimate of drug-likeness (QED) is 0.806. The van der Waals surface area contributed by atoms with Crippen LogP contribution in [-0.4, -0.2) is 25.0 Å². The van der Waals surface area contributed by atoms with Crippen molar-refractivity contribution in [2.75, 3.05) is 18.1 Å². The molecule has 0 N–H and O–H groups in total. The normalized spacial score (nSPS) is 15.0. The number of rotatable bonds is 3. The average Bonchev–Trinajstić information content (AvgIpc) is 2.75. The molecular weight excluding hydrogens is 298 g/mol. The fraction of sp³-hybridized carbons (Fsp3) is 0.385. The highest BCUT2D eigenvalue weighted by Gasteiger charge is 2.23. The Morgan fingerprint density at radius 3 is 2.83 bits per heavy atom. The second-order valence-corrected chi connectivity index (χ2v) is 4.98. The predicted molar refractivity (Wildman–Crippen MR) is 71.7 cm³/mol. The summed E-state index contributed by atoms with van der Waals surface area (Å²) in [5.74, 6) is -0.269. The third-order valence-corrected chi connectivity index (χ3v) is 3.24. The number of halogens is 1. The lowest BCUT2D eigenvalue weighted by atomic mass is 10.2. The van der Waals surface area contributed by atoms with Gasteiger partial charge < -0.3 is 9.64 Å². The molecule has 96 valence electrons. The molecule has 1 aromatic carbocycles. The van der Waals surface area contributed by atoms with E-state index in [1.54, 1.807) is 24.0 Å². The summed E-state index contributed by atoms with van der Waals surface area (Å²) in [5.41, 5.74) is 1.20. The molecule has 0 saturated carbocycles. The van der Waals surface area contributed by atoms with Crippen LogP contribution >= 0.6 is 15.9 Å². The molecule has 1 saturated heterocycles. The van der Waals surface area contributed by atoms with Crippen LogP contribution in [0.1, 0.15) is 30.1 Å². The van der Waals surface area contributed by atoms with Crippen molar-refractivity contribution in [1.82, 2.24) is 0 Å². The minimum absolute atomic E-state index is 0.0999. The third-order valence-electron chi connectivity index (χ3n) is 2.78. The second kappa shape index (κ2) is 5.52. The molecule has 5 heteroatoms. The van der Waals surface area contributed by atoms with Gasteiger partial charge in [0.25, 0.3) is 0 Å². The minimum Gasteiger partial charge on any atom is -0.462 e. The molecule has 0 unspecified atom stereocenters. The van der Waals surface area contributed by atoms with Gasteiger partial charge in [0.2, 0.25) is 5.91 Å². The first-order chi connectivity index (χ1) is 8.61. The van der Waals surface area contributed by atoms with E-state index < -0.39 is 0 Å². The van der Waals surface area contributed by atoms with Crippen LogP contribution in [0.5, 0.6) is 0 Å². The Hall–Kier alpha value is -1.36. The van der Waals surface area contributed by atoms with Crippen molar-refractivity contribution in [1.29, 1.82) is 0 Å². The zero-order valence-electron chi connectivity index (χ0n) is 10.1. The highest BCUT2D eigenvalue weighted by atomic mass is 79.9. The molecule has 2 rings (SSSR count). The van der Waals surface area contributed by atoms with Crippen LogP contribution in [-0.2, 0) is 9.53 Å². The number of hydrogen-bond acceptors (Lipinski definition) is 3. The molecule has 1 heterocycles. The minimum atomic E-state index is -0.369. The monoisotopic (exact) mass is 311 g/mol. The van der Waals surface area contributed by atoms with Crippen molar-refractivity contribution in [2.45, 2.75) is 19.8 Å². The fourth-order valence-corrected chi connectivity index (χ4v) is 2.46. The number of nitrogens with zero attached hydrogens (tertiary/aromatic N) is 1. The van der Waals surface area contributed by atoms with Gasteiger partial charge in [-0.2, -0.15) is 0 Å². The van der Waals surface area contributed by atoms with Gasteiger partial charge in [0.05, 0.1) is 12.2 Å². The first kappa shape index (κ1) is 13.1. The molecule has 1 aliphatic heterocycles. The van der Waals surface area contributed by atoms with Crippen molar-refractivity contribution in [3.8, 4) is 0 Å². The van der Waals surface area contributed by atoms with Crippen LogP contribution < -0.4 is 4.90 Å². The first-order valence-corrected chi connectivity index (χ1v) is 6.69. The number of carbonyl (C=O) groups is 2. The van der Waals surface area contributed by atoms with E-state index in [1.807, 2.05) is 6.07 Å². The Morgan fingerprint density at radius 2 is 2.22 bits per heavy atom. The Kier molecular flexibility index (Phi) is 4.01. The number of hydrogen-bond donors (Lipinski definition) is 0. The Bertz CT molecular complexity index is 487. The van der Waals surface area contributed by atoms with Gasteiger partial charge in [-0.25, -0.2) is 4.79 Å². The molecule has 0 atom stereocenters. The van der Waals surface area contributed by atoms with Gasteiger partial charge in [0, 0.05) is 23.1 Å². The molecule has 0 radical (unpaired) electrons. The van der Waals surface area contributed by atoms with E-state index in [0.29, 0.717) is 25.1 Å². The lowest BCUT2D eigenvalue weighted by molar-refractivity contribution is -0.117. The van der Waals surface area contributed by atoms with E-state index in [9.17, 15) is 9.59 Å². The van der Waals surface area contributed by atoms with Crippen LogP contribution in [0.3, 0.4) is 0 Å². The third kappa shape index (κ3) is 2.72. The number of carbonyl (C=O) groups excluding carboxylic acids is 2. The smallest absolute Gasteiger partial charge is 0.338 e. The molecule has 1 amide bonds. The average molecular weight is 312 g/mol. The van der Waals surface area contributed by atoms with Gasteiger partial charge in [-0.3, -0.25) is 4.79 Å². The molecule has 4 nitrogen and oxygen atoms in total. The maximum atomic E-state index is 11.7. The summed E-state index contributed by atoms with van der Waals surface area (Å²) in [6, 6.07) is 5.24. The summed E-state index contributed by atoms with van der Waals surface area (Å²) in [6.07, 6.45) is 1.43. The van der Waals surface area contributed by atoms with E-state index in [1.165, 1.54) is 0 Å². The van der Waals surface area contributed by atoms with E-state index in [0.717, 1.165) is 16.6 Å². The summed E-state index contributed by atoms with van der Waals surface area (Å²) in [7, 11) is 0. The molecule has 1 aromatic rings. The van der Waals surface area contributed by atoms with Gasteiger partial charge >= 0.3 is 5.97 Å². The zero-order valence-corrected chi connectivity index (χ0v) is 11.7. The van der Waals surface area contributed by atoms with Crippen molar-refractivity contribution in [3.05, 3.63) is 28.2 Å². The molecule has 18 heavy (non-hydrogen) atoms. The zero-order chi connectivity index (χ0) is 13.1. The molecule has 0 aliphatic carbocycles. The molecular formula is C13H14BrNO3. The molecule has 0 bridgehead atoms. The highest BCUT2D eigenvalue weighted by molar-refractivity contribution is 9.10. The summed E-state index contributed by atoms with van der Waals surface area (Å²) < 4.78 is 5.73. The number of amides is 1. The number of esters is 1. The number of anilines is 1. The Labute approximate surface area is 114 Å². The molecule has 0 aromatic heterocycles. The second-order valence-electron chi connectivity index (χ2n) is 4.07. The predicted octanol–water partition coefficient (Wildman–Crippen LogP) is 2.75. The summed E-state index contributed by atoms with van der Waals surface area (Å²) >= 11 is 3.35. The van der Waals surface area contributed by atoms with Crippen molar-refractivity contribution in [2.24, 2.45) is 0 Å². The van der Waals surface area contributed by atoms with E-state index in [4.69, 9.17) is 4.74 Å². The first-order valence-electron chi connectivity index (χ1n) is 5.90. The Morgan fingerprint density at radius 1 is 1.44 bits per heavy atom. The van der Waals surface area contributed by atoms with Crippen LogP contribution in [0.15, 0.2) is 22.7 Å². The van der Waals surface area contributed by atoms with Crippen LogP contribution in [0.2, 0.25) is 0 Å². The standard InChI is InChI=1S/C13H14BrNO3/c1-2-18-13(17)9-6-10(14)8-11(7-9)15-5-3-4-12(15)16/h6-8H,2-5H2,1H3. The topological polar surface area (TPSA) is 46.6 Å². The van der Waals surface area contributed by atoms with Crippen molar-refractivity contribution >= 4 is 33.5 Å². The van der Waals surface area contributed by atoms with E-state index in [2.05, 4.69) is 15.9 Å². The van der Waals surface area contributed by atoms with Crippen LogP contribution in [0, 0.1) is 0 Å². The summed E-state index contributed by atoms with van der Waals surface area (Å²) in [4.78, 5) is 25.1. The lowest BCUT2D eigenvalue weighted by Gasteiger charge is -2.17. The molecule has 0 spiro atoms. The largest absolute Gasteiger partial charge is 0.462 e. The van der Waals surface area contributed by atoms with Gasteiger partial charge in [-0.05, 0) is 31.5 Å². The van der Waals surface area contributed by atoms with E-state index in [-0.39, 0.29) is 11.9 Å². The maximum absolute atomic E-state index is 11.7. The van der Waals surface area contributed by atoms with Crippen molar-refractivity contribution < 1.29 is 14.3 Å².